The molecule has 5 nitrogen and oxygen atoms in total. The van der Waals surface area contributed by atoms with Crippen molar-refractivity contribution in [2.24, 2.45) is 0 Å². The van der Waals surface area contributed by atoms with Crippen LogP contribution >= 0.6 is 0 Å². The van der Waals surface area contributed by atoms with E-state index < -0.39 is 0 Å². The van der Waals surface area contributed by atoms with E-state index in [1.807, 2.05) is 9.80 Å². The Kier molecular flexibility index (Phi) is 4.78. The van der Waals surface area contributed by atoms with E-state index in [0.717, 1.165) is 52.2 Å². The van der Waals surface area contributed by atoms with E-state index in [2.05, 4.69) is 5.32 Å². The fourth-order valence-electron chi connectivity index (χ4n) is 3.55. The van der Waals surface area contributed by atoms with Crippen molar-refractivity contribution < 1.29 is 9.53 Å². The number of carbonyl (C=O) groups excluding carboxylic acids is 1. The second-order valence-electron chi connectivity index (χ2n) is 6.32. The molecule has 2 amide bonds. The molecule has 3 rings (SSSR count). The number of ether oxygens (including phenoxy) is 1. The van der Waals surface area contributed by atoms with Gasteiger partial charge in [0, 0.05) is 44.9 Å². The molecule has 3 aliphatic rings. The molecular weight excluding hydrogens is 254 g/mol. The fraction of sp³-hybridized carbons (Fsp3) is 0.933. The number of piperidine rings is 1. The van der Waals surface area contributed by atoms with Crippen molar-refractivity contribution in [2.75, 3.05) is 39.4 Å². The van der Waals surface area contributed by atoms with Gasteiger partial charge in [0.05, 0.1) is 6.61 Å². The van der Waals surface area contributed by atoms with Gasteiger partial charge in [0.15, 0.2) is 0 Å². The Bertz CT molecular complexity index is 317. The first-order valence-electron chi connectivity index (χ1n) is 8.20. The highest BCUT2D eigenvalue weighted by molar-refractivity contribution is 5.74. The first-order valence-corrected chi connectivity index (χ1v) is 8.20. The van der Waals surface area contributed by atoms with Crippen molar-refractivity contribution in [3.05, 3.63) is 0 Å². The largest absolute Gasteiger partial charge is 0.380 e. The van der Waals surface area contributed by atoms with Crippen LogP contribution in [0.5, 0.6) is 0 Å². The normalized spacial score (nSPS) is 28.9. The minimum absolute atomic E-state index is 0.266. The van der Waals surface area contributed by atoms with Crippen LogP contribution in [-0.2, 0) is 4.74 Å². The van der Waals surface area contributed by atoms with Crippen LogP contribution in [0.3, 0.4) is 0 Å². The van der Waals surface area contributed by atoms with E-state index in [0.29, 0.717) is 12.1 Å². The number of nitrogens with zero attached hydrogens (tertiary/aromatic N) is 2. The number of amides is 2. The highest BCUT2D eigenvalue weighted by Gasteiger charge is 2.28. The molecule has 20 heavy (non-hydrogen) atoms. The van der Waals surface area contributed by atoms with Crippen molar-refractivity contribution in [1.82, 2.24) is 15.1 Å². The molecule has 1 N–H and O–H groups in total. The van der Waals surface area contributed by atoms with E-state index in [-0.39, 0.29) is 6.03 Å². The lowest BCUT2D eigenvalue weighted by Gasteiger charge is -2.37. The summed E-state index contributed by atoms with van der Waals surface area (Å²) in [5.41, 5.74) is 0. The highest BCUT2D eigenvalue weighted by Crippen LogP contribution is 2.17. The zero-order valence-electron chi connectivity index (χ0n) is 12.4. The smallest absolute Gasteiger partial charge is 0.319 e. The third-order valence-electron chi connectivity index (χ3n) is 4.77. The average molecular weight is 281 g/mol. The van der Waals surface area contributed by atoms with Gasteiger partial charge < -0.3 is 19.9 Å². The minimum Gasteiger partial charge on any atom is -0.380 e. The van der Waals surface area contributed by atoms with Gasteiger partial charge in [-0.3, -0.25) is 0 Å². The summed E-state index contributed by atoms with van der Waals surface area (Å²) in [4.78, 5) is 16.4. The van der Waals surface area contributed by atoms with Gasteiger partial charge in [-0.25, -0.2) is 4.79 Å². The summed E-state index contributed by atoms with van der Waals surface area (Å²) in [6, 6.07) is 1.35. The Morgan fingerprint density at radius 3 is 2.25 bits per heavy atom. The summed E-state index contributed by atoms with van der Waals surface area (Å²) >= 11 is 0. The molecule has 0 radical (unpaired) electrons. The molecule has 5 heteroatoms. The maximum Gasteiger partial charge on any atom is 0.319 e. The zero-order valence-corrected chi connectivity index (χ0v) is 12.4. The van der Waals surface area contributed by atoms with Crippen molar-refractivity contribution in [1.29, 1.82) is 0 Å². The molecule has 0 aromatic rings. The van der Waals surface area contributed by atoms with Crippen LogP contribution in [0.15, 0.2) is 0 Å². The van der Waals surface area contributed by atoms with Gasteiger partial charge >= 0.3 is 6.03 Å². The predicted octanol–water partition coefficient (Wildman–Crippen LogP) is 1.44. The number of hydrogen-bond donors (Lipinski definition) is 1. The van der Waals surface area contributed by atoms with Gasteiger partial charge in [-0.05, 0) is 38.5 Å². The predicted molar refractivity (Wildman–Crippen MR) is 77.8 cm³/mol. The zero-order chi connectivity index (χ0) is 13.8. The average Bonchev–Trinajstić information content (AvgIpc) is 3.03. The van der Waals surface area contributed by atoms with Crippen LogP contribution in [0.4, 0.5) is 4.79 Å². The monoisotopic (exact) mass is 281 g/mol. The lowest BCUT2D eigenvalue weighted by atomic mass is 10.0. The van der Waals surface area contributed by atoms with Gasteiger partial charge in [-0.1, -0.05) is 0 Å². The molecule has 0 bridgehead atoms. The van der Waals surface area contributed by atoms with Crippen LogP contribution in [0.1, 0.15) is 38.5 Å². The molecule has 114 valence electrons. The Morgan fingerprint density at radius 1 is 0.900 bits per heavy atom. The number of likely N-dealkylation sites (tertiary alicyclic amines) is 2. The van der Waals surface area contributed by atoms with Gasteiger partial charge in [0.25, 0.3) is 0 Å². The van der Waals surface area contributed by atoms with Crippen molar-refractivity contribution in [3.63, 3.8) is 0 Å². The molecule has 0 spiro atoms. The minimum atomic E-state index is 0.266. The van der Waals surface area contributed by atoms with Gasteiger partial charge in [-0.2, -0.15) is 0 Å². The summed E-state index contributed by atoms with van der Waals surface area (Å²) in [7, 11) is 0. The second kappa shape index (κ2) is 6.76. The van der Waals surface area contributed by atoms with E-state index >= 15 is 0 Å². The maximum absolute atomic E-state index is 12.3. The van der Waals surface area contributed by atoms with E-state index in [1.165, 1.54) is 25.7 Å². The number of rotatable bonds is 2. The highest BCUT2D eigenvalue weighted by atomic mass is 16.5. The Balaban J connectivity index is 1.40. The summed E-state index contributed by atoms with van der Waals surface area (Å²) in [5, 5.41) is 3.71. The van der Waals surface area contributed by atoms with Crippen LogP contribution in [0, 0.1) is 0 Å². The van der Waals surface area contributed by atoms with Crippen LogP contribution in [0.25, 0.3) is 0 Å². The second-order valence-corrected chi connectivity index (χ2v) is 6.32. The standard InChI is InChI=1S/C15H27N3O2/c19-15(17-7-1-2-8-17)18-9-5-13(6-10-18)16-14-4-3-11-20-12-14/h13-14,16H,1-12H2/t14-/m1/s1. The number of nitrogens with one attached hydrogen (secondary N) is 1. The van der Waals surface area contributed by atoms with Gasteiger partial charge in [0.2, 0.25) is 0 Å². The first-order chi connectivity index (χ1) is 9.83. The van der Waals surface area contributed by atoms with E-state index in [4.69, 9.17) is 4.74 Å². The Hall–Kier alpha value is -0.810. The SMILES string of the molecule is O=C(N1CCCC1)N1CCC(N[C@@H]2CCCOC2)CC1. The van der Waals surface area contributed by atoms with Gasteiger partial charge in [0.1, 0.15) is 0 Å². The Morgan fingerprint density at radius 2 is 1.60 bits per heavy atom. The van der Waals surface area contributed by atoms with Crippen molar-refractivity contribution in [2.45, 2.75) is 50.6 Å². The quantitative estimate of drug-likeness (QED) is 0.833. The summed E-state index contributed by atoms with van der Waals surface area (Å²) in [6.07, 6.45) is 6.90. The fourth-order valence-corrected chi connectivity index (χ4v) is 3.55. The van der Waals surface area contributed by atoms with E-state index in [1.54, 1.807) is 0 Å². The van der Waals surface area contributed by atoms with E-state index in [9.17, 15) is 4.79 Å². The molecule has 0 aliphatic carbocycles. The summed E-state index contributed by atoms with van der Waals surface area (Å²) in [5.74, 6) is 0. The van der Waals surface area contributed by atoms with Crippen LogP contribution < -0.4 is 5.32 Å². The number of hydrogen-bond acceptors (Lipinski definition) is 3. The molecule has 3 heterocycles. The third kappa shape index (κ3) is 3.44. The maximum atomic E-state index is 12.3. The first kappa shape index (κ1) is 14.1. The molecule has 0 unspecified atom stereocenters. The molecule has 0 saturated carbocycles. The number of carbonyl (C=O) groups is 1. The lowest BCUT2D eigenvalue weighted by molar-refractivity contribution is 0.0617. The van der Waals surface area contributed by atoms with Crippen LogP contribution in [-0.4, -0.2) is 67.3 Å². The summed E-state index contributed by atoms with van der Waals surface area (Å²) < 4.78 is 5.52. The topological polar surface area (TPSA) is 44.8 Å². The van der Waals surface area contributed by atoms with Crippen molar-refractivity contribution in [3.8, 4) is 0 Å². The lowest BCUT2D eigenvalue weighted by Crippen LogP contribution is -2.51. The van der Waals surface area contributed by atoms with Crippen molar-refractivity contribution >= 4 is 6.03 Å². The molecule has 1 atom stereocenters. The molecular formula is C15H27N3O2. The summed E-state index contributed by atoms with van der Waals surface area (Å²) in [6.45, 7) is 5.49. The molecule has 0 aromatic heterocycles. The Labute approximate surface area is 121 Å². The third-order valence-corrected chi connectivity index (χ3v) is 4.77. The molecule has 3 saturated heterocycles. The molecule has 3 fully saturated rings. The van der Waals surface area contributed by atoms with Gasteiger partial charge in [-0.15, -0.1) is 0 Å². The molecule has 0 aromatic carbocycles. The number of urea groups is 1. The molecule has 3 aliphatic heterocycles. The van der Waals surface area contributed by atoms with Crippen LogP contribution in [0.2, 0.25) is 0 Å².